The van der Waals surface area contributed by atoms with Crippen LogP contribution in [0.5, 0.6) is 0 Å². The van der Waals surface area contributed by atoms with Crippen LogP contribution in [0.15, 0.2) is 54.6 Å². The quantitative estimate of drug-likeness (QED) is 0.293. The van der Waals surface area contributed by atoms with E-state index in [1.165, 1.54) is 17.7 Å². The minimum Gasteiger partial charge on any atom is -0.324 e. The maximum absolute atomic E-state index is 12.0. The van der Waals surface area contributed by atoms with Gasteiger partial charge in [-0.3, -0.25) is 14.7 Å². The highest BCUT2D eigenvalue weighted by molar-refractivity contribution is 7.52. The Balaban J connectivity index is 1.66. The van der Waals surface area contributed by atoms with E-state index in [0.717, 1.165) is 18.4 Å². The smallest absolute Gasteiger partial charge is 0.324 e. The summed E-state index contributed by atoms with van der Waals surface area (Å²) in [5, 5.41) is 10.6. The Bertz CT molecular complexity index is 718. The van der Waals surface area contributed by atoms with Gasteiger partial charge in [0.15, 0.2) is 0 Å². The van der Waals surface area contributed by atoms with Gasteiger partial charge in [0.05, 0.1) is 11.5 Å². The zero-order valence-electron chi connectivity index (χ0n) is 13.9. The van der Waals surface area contributed by atoms with E-state index in [0.29, 0.717) is 12.8 Å². The van der Waals surface area contributed by atoms with Gasteiger partial charge >= 0.3 is 7.60 Å². The molecule has 1 unspecified atom stereocenters. The van der Waals surface area contributed by atoms with Crippen molar-refractivity contribution in [2.75, 3.05) is 12.8 Å². The molecule has 0 aliphatic carbocycles. The van der Waals surface area contributed by atoms with Gasteiger partial charge in [-0.05, 0) is 36.8 Å². The average molecular weight is 363 g/mol. The highest BCUT2D eigenvalue weighted by atomic mass is 31.2. The van der Waals surface area contributed by atoms with Crippen molar-refractivity contribution >= 4 is 13.3 Å². The highest BCUT2D eigenvalue weighted by Crippen LogP contribution is 2.42. The summed E-state index contributed by atoms with van der Waals surface area (Å²) >= 11 is 0. The monoisotopic (exact) mass is 363 g/mol. The fourth-order valence-electron chi connectivity index (χ4n) is 2.44. The van der Waals surface area contributed by atoms with Crippen molar-refractivity contribution in [1.29, 1.82) is 0 Å². The number of hydrogen-bond donors (Lipinski definition) is 1. The van der Waals surface area contributed by atoms with Crippen LogP contribution >= 0.6 is 7.60 Å². The molecule has 0 amide bonds. The molecule has 0 heterocycles. The molecule has 0 spiro atoms. The second-order valence-corrected chi connectivity index (χ2v) is 7.79. The summed E-state index contributed by atoms with van der Waals surface area (Å²) in [4.78, 5) is 20.0. The van der Waals surface area contributed by atoms with E-state index in [1.807, 2.05) is 30.3 Å². The minimum atomic E-state index is -3.58. The van der Waals surface area contributed by atoms with Crippen molar-refractivity contribution in [3.8, 4) is 0 Å². The summed E-state index contributed by atoms with van der Waals surface area (Å²) < 4.78 is 17.1. The number of rotatable bonds is 10. The molecule has 0 saturated carbocycles. The second kappa shape index (κ2) is 9.47. The van der Waals surface area contributed by atoms with Crippen LogP contribution in [0.3, 0.4) is 0 Å². The fraction of sp³-hybridized carbons (Fsp3) is 0.333. The van der Waals surface area contributed by atoms with Gasteiger partial charge in [-0.1, -0.05) is 42.5 Å². The predicted octanol–water partition coefficient (Wildman–Crippen LogP) is 4.36. The van der Waals surface area contributed by atoms with Gasteiger partial charge in [0.2, 0.25) is 0 Å². The number of nitrogens with zero attached hydrogens (tertiary/aromatic N) is 1. The number of non-ortho nitro benzene ring substituents is 1. The molecule has 1 atom stereocenters. The topological polar surface area (TPSA) is 89.7 Å². The van der Waals surface area contributed by atoms with Gasteiger partial charge in [-0.15, -0.1) is 0 Å². The van der Waals surface area contributed by atoms with Crippen molar-refractivity contribution in [1.82, 2.24) is 0 Å². The molecule has 2 aromatic rings. The minimum absolute atomic E-state index is 0.0240. The summed E-state index contributed by atoms with van der Waals surface area (Å²) in [5.74, 6) is 0. The Morgan fingerprint density at radius 3 is 2.24 bits per heavy atom. The molecule has 0 aliphatic heterocycles. The first kappa shape index (κ1) is 19.3. The molecule has 1 N–H and O–H groups in total. The Morgan fingerprint density at radius 1 is 0.960 bits per heavy atom. The summed E-state index contributed by atoms with van der Waals surface area (Å²) in [5.41, 5.74) is 2.07. The van der Waals surface area contributed by atoms with Gasteiger partial charge < -0.3 is 9.42 Å². The zero-order chi connectivity index (χ0) is 18.1. The Morgan fingerprint density at radius 2 is 1.60 bits per heavy atom. The third-order valence-electron chi connectivity index (χ3n) is 3.83. The summed E-state index contributed by atoms with van der Waals surface area (Å²) in [6, 6.07) is 16.1. The number of nitro groups is 1. The molecule has 6 nitrogen and oxygen atoms in total. The van der Waals surface area contributed by atoms with Crippen molar-refractivity contribution in [3.05, 3.63) is 75.8 Å². The van der Waals surface area contributed by atoms with Gasteiger partial charge in [0.1, 0.15) is 0 Å². The first-order chi connectivity index (χ1) is 12.0. The lowest BCUT2D eigenvalue weighted by Gasteiger charge is -2.12. The van der Waals surface area contributed by atoms with Crippen LogP contribution in [-0.4, -0.2) is 22.6 Å². The van der Waals surface area contributed by atoms with Gasteiger partial charge in [0.25, 0.3) is 5.69 Å². The van der Waals surface area contributed by atoms with Crippen LogP contribution in [0.25, 0.3) is 0 Å². The molecular weight excluding hydrogens is 341 g/mol. The number of benzene rings is 2. The van der Waals surface area contributed by atoms with Crippen LogP contribution in [-0.2, 0) is 21.9 Å². The summed E-state index contributed by atoms with van der Waals surface area (Å²) in [6.45, 7) is 0.115. The first-order valence-electron chi connectivity index (χ1n) is 8.20. The van der Waals surface area contributed by atoms with Gasteiger partial charge in [0, 0.05) is 18.3 Å². The van der Waals surface area contributed by atoms with Gasteiger partial charge in [-0.2, -0.15) is 0 Å². The Kier molecular flexibility index (Phi) is 7.31. The predicted molar refractivity (Wildman–Crippen MR) is 96.8 cm³/mol. The highest BCUT2D eigenvalue weighted by Gasteiger charge is 2.18. The third kappa shape index (κ3) is 7.18. The molecule has 2 aromatic carbocycles. The van der Waals surface area contributed by atoms with Crippen molar-refractivity contribution in [3.63, 3.8) is 0 Å². The standard InChI is InChI=1S/C18H22NO5P/c20-19(21)18-11-9-17(10-12-18)13-14-24-25(22,23)15-5-4-8-16-6-2-1-3-7-16/h1-3,6-7,9-12H,4-5,8,13-15H2,(H,22,23). The van der Waals surface area contributed by atoms with E-state index in [4.69, 9.17) is 4.52 Å². The van der Waals surface area contributed by atoms with E-state index in [9.17, 15) is 19.6 Å². The van der Waals surface area contributed by atoms with Crippen LogP contribution in [0, 0.1) is 10.1 Å². The lowest BCUT2D eigenvalue weighted by molar-refractivity contribution is -0.384. The van der Waals surface area contributed by atoms with E-state index >= 15 is 0 Å². The fourth-order valence-corrected chi connectivity index (χ4v) is 3.57. The summed E-state index contributed by atoms with van der Waals surface area (Å²) in [7, 11) is -3.58. The van der Waals surface area contributed by atoms with Crippen molar-refractivity contribution in [2.45, 2.75) is 25.7 Å². The maximum Gasteiger partial charge on any atom is 0.328 e. The zero-order valence-corrected chi connectivity index (χ0v) is 14.8. The number of hydrogen-bond acceptors (Lipinski definition) is 4. The molecular formula is C18H22NO5P. The lowest BCUT2D eigenvalue weighted by Crippen LogP contribution is -2.01. The van der Waals surface area contributed by atoms with Crippen LogP contribution in [0.1, 0.15) is 24.0 Å². The Hall–Kier alpha value is -2.01. The number of unbranched alkanes of at least 4 members (excludes halogenated alkanes) is 1. The molecule has 2 rings (SSSR count). The number of nitro benzene ring substituents is 1. The third-order valence-corrected chi connectivity index (χ3v) is 5.30. The van der Waals surface area contributed by atoms with Crippen molar-refractivity contribution < 1.29 is 18.9 Å². The average Bonchev–Trinajstić information content (AvgIpc) is 2.60. The lowest BCUT2D eigenvalue weighted by atomic mass is 10.1. The van der Waals surface area contributed by atoms with E-state index in [1.54, 1.807) is 12.1 Å². The molecule has 0 aliphatic rings. The molecule has 0 bridgehead atoms. The van der Waals surface area contributed by atoms with Gasteiger partial charge in [-0.25, -0.2) is 0 Å². The summed E-state index contributed by atoms with van der Waals surface area (Å²) in [6.07, 6.45) is 2.91. The molecule has 7 heteroatoms. The molecule has 0 aromatic heterocycles. The largest absolute Gasteiger partial charge is 0.328 e. The maximum atomic E-state index is 12.0. The van der Waals surface area contributed by atoms with E-state index < -0.39 is 12.5 Å². The first-order valence-corrected chi connectivity index (χ1v) is 9.96. The van der Waals surface area contributed by atoms with Crippen molar-refractivity contribution in [2.24, 2.45) is 0 Å². The molecule has 134 valence electrons. The molecule has 0 radical (unpaired) electrons. The molecule has 0 fully saturated rings. The van der Waals surface area contributed by atoms with Crippen LogP contribution in [0.2, 0.25) is 0 Å². The van der Waals surface area contributed by atoms with Crippen LogP contribution in [0.4, 0.5) is 5.69 Å². The number of aryl methyl sites for hydroxylation is 1. The molecule has 25 heavy (non-hydrogen) atoms. The van der Waals surface area contributed by atoms with Crippen LogP contribution < -0.4 is 0 Å². The van der Waals surface area contributed by atoms with E-state index in [2.05, 4.69) is 0 Å². The van der Waals surface area contributed by atoms with E-state index in [-0.39, 0.29) is 18.5 Å². The normalized spacial score (nSPS) is 13.3. The second-order valence-electron chi connectivity index (χ2n) is 5.81. The Labute approximate surface area is 147 Å². The SMILES string of the molecule is O=[N+]([O-])c1ccc(CCOP(=O)(O)CCCCc2ccccc2)cc1. The molecule has 0 saturated heterocycles.